The zero-order chi connectivity index (χ0) is 17.4. The van der Waals surface area contributed by atoms with Crippen LogP contribution in [0.2, 0.25) is 0 Å². The Morgan fingerprint density at radius 2 is 1.91 bits per heavy atom. The van der Waals surface area contributed by atoms with Crippen molar-refractivity contribution >= 4 is 28.1 Å². The van der Waals surface area contributed by atoms with Crippen LogP contribution in [0.4, 0.5) is 5.00 Å². The average Bonchev–Trinajstić information content (AvgIpc) is 2.71. The Kier molecular flexibility index (Phi) is 4.47. The molecule has 23 heavy (non-hydrogen) atoms. The molecule has 0 radical (unpaired) electrons. The summed E-state index contributed by atoms with van der Waals surface area (Å²) in [6.45, 7) is 6.97. The molecule has 1 aromatic carbocycles. The number of benzene rings is 1. The highest BCUT2D eigenvalue weighted by Gasteiger charge is 2.27. The number of thiophene rings is 1. The van der Waals surface area contributed by atoms with E-state index in [0.717, 1.165) is 11.3 Å². The minimum Gasteiger partial charge on any atom is -0.508 e. The van der Waals surface area contributed by atoms with Crippen LogP contribution >= 0.6 is 11.3 Å². The summed E-state index contributed by atoms with van der Waals surface area (Å²) in [7, 11) is 0. The van der Waals surface area contributed by atoms with Crippen LogP contribution in [0, 0.1) is 6.92 Å². The molecule has 0 bridgehead atoms. The monoisotopic (exact) mass is 333 g/mol. The maximum Gasteiger partial charge on any atom is 0.341 e. The number of anilines is 1. The van der Waals surface area contributed by atoms with Gasteiger partial charge in [0, 0.05) is 5.56 Å². The molecule has 0 saturated carbocycles. The lowest BCUT2D eigenvalue weighted by Crippen LogP contribution is -2.24. The molecule has 0 amide bonds. The van der Waals surface area contributed by atoms with Crippen LogP contribution in [-0.2, 0) is 4.74 Å². The summed E-state index contributed by atoms with van der Waals surface area (Å²) < 4.78 is 5.34. The number of nitrogen functional groups attached to an aromatic ring is 1. The van der Waals surface area contributed by atoms with Gasteiger partial charge in [-0.15, -0.1) is 11.3 Å². The predicted octanol–water partition coefficient (Wildman–Crippen LogP) is 3.53. The molecule has 3 N–H and O–H groups in total. The minimum absolute atomic E-state index is 0.00500. The first-order valence-electron chi connectivity index (χ1n) is 7.06. The maximum atomic E-state index is 12.6. The predicted molar refractivity (Wildman–Crippen MR) is 90.2 cm³/mol. The fourth-order valence-electron chi connectivity index (χ4n) is 2.11. The van der Waals surface area contributed by atoms with Crippen molar-refractivity contribution in [2.75, 3.05) is 5.73 Å². The van der Waals surface area contributed by atoms with E-state index in [9.17, 15) is 14.7 Å². The van der Waals surface area contributed by atoms with E-state index in [1.165, 1.54) is 12.1 Å². The number of nitrogens with two attached hydrogens (primary N) is 1. The second-order valence-electron chi connectivity index (χ2n) is 6.18. The molecule has 1 aromatic heterocycles. The van der Waals surface area contributed by atoms with E-state index in [1.807, 2.05) is 0 Å². The molecule has 0 atom stereocenters. The summed E-state index contributed by atoms with van der Waals surface area (Å²) in [5.41, 5.74) is 6.34. The zero-order valence-electron chi connectivity index (χ0n) is 13.5. The lowest BCUT2D eigenvalue weighted by Gasteiger charge is -2.19. The quantitative estimate of drug-likeness (QED) is 0.662. The molecule has 0 unspecified atom stereocenters. The summed E-state index contributed by atoms with van der Waals surface area (Å²) in [5, 5.41) is 9.76. The fourth-order valence-corrected chi connectivity index (χ4v) is 3.14. The standard InChI is InChI=1S/C17H19NO4S/c1-9-12(16(21)22-17(2,3)4)15(18)23-14(9)13(20)10-6-5-7-11(19)8-10/h5-8,19H,18H2,1-4H3. The van der Waals surface area contributed by atoms with Gasteiger partial charge in [0.2, 0.25) is 5.78 Å². The van der Waals surface area contributed by atoms with Gasteiger partial charge in [-0.2, -0.15) is 0 Å². The number of carbonyl (C=O) groups excluding carboxylic acids is 2. The molecule has 2 aromatic rings. The molecule has 0 saturated heterocycles. The van der Waals surface area contributed by atoms with Gasteiger partial charge in [-0.05, 0) is 45.4 Å². The van der Waals surface area contributed by atoms with Gasteiger partial charge in [-0.1, -0.05) is 12.1 Å². The summed E-state index contributed by atoms with van der Waals surface area (Å²) in [6, 6.07) is 6.05. The summed E-state index contributed by atoms with van der Waals surface area (Å²) in [4.78, 5) is 25.2. The summed E-state index contributed by atoms with van der Waals surface area (Å²) in [5.74, 6) is -0.825. The molecule has 0 aliphatic carbocycles. The van der Waals surface area contributed by atoms with E-state index in [2.05, 4.69) is 0 Å². The number of carbonyl (C=O) groups is 2. The first-order valence-corrected chi connectivity index (χ1v) is 7.87. The van der Waals surface area contributed by atoms with Crippen LogP contribution in [0.5, 0.6) is 5.75 Å². The highest BCUT2D eigenvalue weighted by Crippen LogP contribution is 2.33. The smallest absolute Gasteiger partial charge is 0.341 e. The second kappa shape index (κ2) is 6.04. The van der Waals surface area contributed by atoms with E-state index in [0.29, 0.717) is 16.0 Å². The molecule has 1 heterocycles. The number of aromatic hydroxyl groups is 1. The number of ether oxygens (including phenoxy) is 1. The highest BCUT2D eigenvalue weighted by atomic mass is 32.1. The van der Waals surface area contributed by atoms with E-state index >= 15 is 0 Å². The number of esters is 1. The van der Waals surface area contributed by atoms with Gasteiger partial charge in [-0.25, -0.2) is 4.79 Å². The Morgan fingerprint density at radius 1 is 1.26 bits per heavy atom. The Labute approximate surface area is 138 Å². The molecule has 0 fully saturated rings. The molecular formula is C17H19NO4S. The highest BCUT2D eigenvalue weighted by molar-refractivity contribution is 7.18. The lowest BCUT2D eigenvalue weighted by molar-refractivity contribution is 0.00705. The van der Waals surface area contributed by atoms with Crippen molar-refractivity contribution < 1.29 is 19.4 Å². The topological polar surface area (TPSA) is 89.6 Å². The molecule has 6 heteroatoms. The molecule has 122 valence electrons. The van der Waals surface area contributed by atoms with Crippen molar-refractivity contribution in [2.45, 2.75) is 33.3 Å². The van der Waals surface area contributed by atoms with Gasteiger partial charge in [0.15, 0.2) is 0 Å². The van der Waals surface area contributed by atoms with Crippen LogP contribution in [-0.4, -0.2) is 22.5 Å². The van der Waals surface area contributed by atoms with Crippen LogP contribution in [0.3, 0.4) is 0 Å². The zero-order valence-corrected chi connectivity index (χ0v) is 14.3. The minimum atomic E-state index is -0.646. The summed E-state index contributed by atoms with van der Waals surface area (Å²) in [6.07, 6.45) is 0. The average molecular weight is 333 g/mol. The number of phenols is 1. The molecule has 2 rings (SSSR count). The maximum absolute atomic E-state index is 12.6. The number of phenolic OH excluding ortho intramolecular Hbond substituents is 1. The normalized spacial score (nSPS) is 11.3. The third kappa shape index (κ3) is 3.71. The van der Waals surface area contributed by atoms with Gasteiger partial charge >= 0.3 is 5.97 Å². The van der Waals surface area contributed by atoms with Crippen molar-refractivity contribution in [3.63, 3.8) is 0 Å². The van der Waals surface area contributed by atoms with Crippen LogP contribution in [0.1, 0.15) is 51.9 Å². The molecule has 0 spiro atoms. The Hall–Kier alpha value is -2.34. The van der Waals surface area contributed by atoms with E-state index in [4.69, 9.17) is 10.5 Å². The third-order valence-electron chi connectivity index (χ3n) is 3.09. The first kappa shape index (κ1) is 17.0. The van der Waals surface area contributed by atoms with Gasteiger partial charge in [0.1, 0.15) is 16.4 Å². The Morgan fingerprint density at radius 3 is 2.48 bits per heavy atom. The third-order valence-corrected chi connectivity index (χ3v) is 4.21. The van der Waals surface area contributed by atoms with Gasteiger partial charge in [0.25, 0.3) is 0 Å². The van der Waals surface area contributed by atoms with E-state index < -0.39 is 11.6 Å². The van der Waals surface area contributed by atoms with Gasteiger partial charge in [-0.3, -0.25) is 4.79 Å². The largest absolute Gasteiger partial charge is 0.508 e. The SMILES string of the molecule is Cc1c(C(=O)c2cccc(O)c2)sc(N)c1C(=O)OC(C)(C)C. The van der Waals surface area contributed by atoms with Crippen molar-refractivity contribution in [1.29, 1.82) is 0 Å². The van der Waals surface area contributed by atoms with Crippen LogP contribution in [0.15, 0.2) is 24.3 Å². The van der Waals surface area contributed by atoms with E-state index in [1.54, 1.807) is 39.8 Å². The number of hydrogen-bond acceptors (Lipinski definition) is 6. The number of hydrogen-bond donors (Lipinski definition) is 2. The molecule has 5 nitrogen and oxygen atoms in total. The van der Waals surface area contributed by atoms with E-state index in [-0.39, 0.29) is 22.1 Å². The Balaban J connectivity index is 2.41. The van der Waals surface area contributed by atoms with Gasteiger partial charge < -0.3 is 15.6 Å². The first-order chi connectivity index (χ1) is 10.6. The van der Waals surface area contributed by atoms with Gasteiger partial charge in [0.05, 0.1) is 10.4 Å². The number of rotatable bonds is 3. The van der Waals surface area contributed by atoms with Crippen LogP contribution in [0.25, 0.3) is 0 Å². The lowest BCUT2D eigenvalue weighted by atomic mass is 10.0. The molecule has 0 aliphatic heterocycles. The molecular weight excluding hydrogens is 314 g/mol. The van der Waals surface area contributed by atoms with Crippen molar-refractivity contribution in [3.05, 3.63) is 45.8 Å². The Bertz CT molecular complexity index is 771. The fraction of sp³-hybridized carbons (Fsp3) is 0.294. The van der Waals surface area contributed by atoms with Crippen LogP contribution < -0.4 is 5.73 Å². The van der Waals surface area contributed by atoms with Crippen molar-refractivity contribution in [2.24, 2.45) is 0 Å². The number of ketones is 1. The summed E-state index contributed by atoms with van der Waals surface area (Å²) >= 11 is 1.05. The van der Waals surface area contributed by atoms with Crippen molar-refractivity contribution in [1.82, 2.24) is 0 Å². The van der Waals surface area contributed by atoms with Crippen molar-refractivity contribution in [3.8, 4) is 5.75 Å². The molecule has 0 aliphatic rings. The second-order valence-corrected chi connectivity index (χ2v) is 7.23.